The van der Waals surface area contributed by atoms with Gasteiger partial charge in [-0.25, -0.2) is 0 Å². The van der Waals surface area contributed by atoms with Crippen LogP contribution in [0, 0.1) is 6.92 Å². The molecule has 0 nitrogen and oxygen atoms in total. The third-order valence-electron chi connectivity index (χ3n) is 3.96. The van der Waals surface area contributed by atoms with Crippen LogP contribution >= 0.6 is 27.7 Å². The van der Waals surface area contributed by atoms with E-state index in [0.717, 1.165) is 10.6 Å². The van der Waals surface area contributed by atoms with Crippen LogP contribution < -0.4 is 0 Å². The largest absolute Gasteiger partial charge is 0.122 e. The van der Waals surface area contributed by atoms with Crippen LogP contribution in [0.2, 0.25) is 0 Å². The maximum absolute atomic E-state index is 3.71. The zero-order chi connectivity index (χ0) is 13.9. The van der Waals surface area contributed by atoms with Crippen LogP contribution in [0.25, 0.3) is 0 Å². The van der Waals surface area contributed by atoms with Crippen LogP contribution in [0.3, 0.4) is 0 Å². The topological polar surface area (TPSA) is 0 Å². The third-order valence-corrected chi connectivity index (χ3v) is 6.09. The van der Waals surface area contributed by atoms with E-state index in [1.165, 1.54) is 34.4 Å². The Kier molecular flexibility index (Phi) is 4.52. The van der Waals surface area contributed by atoms with Crippen molar-refractivity contribution in [2.24, 2.45) is 0 Å². The molecule has 1 aliphatic heterocycles. The molecule has 0 N–H and O–H groups in total. The number of aryl methyl sites for hydroxylation is 1. The van der Waals surface area contributed by atoms with Crippen molar-refractivity contribution in [3.63, 3.8) is 0 Å². The van der Waals surface area contributed by atoms with Crippen molar-refractivity contribution in [1.29, 1.82) is 0 Å². The minimum Gasteiger partial charge on any atom is -0.122 e. The van der Waals surface area contributed by atoms with Gasteiger partial charge in [-0.2, -0.15) is 0 Å². The minimum atomic E-state index is 0.613. The van der Waals surface area contributed by atoms with Gasteiger partial charge in [0.05, 0.1) is 0 Å². The van der Waals surface area contributed by atoms with E-state index < -0.39 is 0 Å². The molecule has 0 spiro atoms. The SMILES string of the molecule is Cc1cccc(C(CBr)CC2Cc3ccccc3S2)c1. The van der Waals surface area contributed by atoms with Gasteiger partial charge in [0.2, 0.25) is 0 Å². The molecule has 1 heterocycles. The smallest absolute Gasteiger partial charge is 0.0141 e. The van der Waals surface area contributed by atoms with Crippen LogP contribution in [0.1, 0.15) is 29.0 Å². The molecular formula is C18H19BrS. The molecule has 0 radical (unpaired) electrons. The first-order valence-electron chi connectivity index (χ1n) is 7.13. The molecule has 0 saturated heterocycles. The second kappa shape index (κ2) is 6.36. The number of thioether (sulfide) groups is 1. The second-order valence-electron chi connectivity index (χ2n) is 5.55. The highest BCUT2D eigenvalue weighted by Crippen LogP contribution is 2.41. The molecule has 0 aromatic heterocycles. The Balaban J connectivity index is 1.71. The first-order chi connectivity index (χ1) is 9.76. The molecule has 0 aliphatic carbocycles. The maximum atomic E-state index is 3.71. The van der Waals surface area contributed by atoms with Gasteiger partial charge in [0.15, 0.2) is 0 Å². The van der Waals surface area contributed by atoms with Gasteiger partial charge < -0.3 is 0 Å². The van der Waals surface area contributed by atoms with E-state index in [9.17, 15) is 0 Å². The molecule has 1 aliphatic rings. The predicted molar refractivity (Wildman–Crippen MR) is 92.1 cm³/mol. The van der Waals surface area contributed by atoms with E-state index in [0.29, 0.717) is 5.92 Å². The zero-order valence-corrected chi connectivity index (χ0v) is 14.1. The Labute approximate surface area is 134 Å². The lowest BCUT2D eigenvalue weighted by molar-refractivity contribution is 0.662. The molecule has 20 heavy (non-hydrogen) atoms. The van der Waals surface area contributed by atoms with Gasteiger partial charge in [0, 0.05) is 15.5 Å². The summed E-state index contributed by atoms with van der Waals surface area (Å²) >= 11 is 5.77. The quantitative estimate of drug-likeness (QED) is 0.651. The third kappa shape index (κ3) is 3.12. The summed E-state index contributed by atoms with van der Waals surface area (Å²) in [7, 11) is 0. The molecule has 0 fully saturated rings. The van der Waals surface area contributed by atoms with Gasteiger partial charge >= 0.3 is 0 Å². The molecule has 2 unspecified atom stereocenters. The molecule has 104 valence electrons. The van der Waals surface area contributed by atoms with Crippen LogP contribution in [-0.4, -0.2) is 10.6 Å². The zero-order valence-electron chi connectivity index (χ0n) is 11.7. The average molecular weight is 347 g/mol. The molecule has 2 aromatic rings. The molecule has 0 saturated carbocycles. The van der Waals surface area contributed by atoms with Gasteiger partial charge in [-0.15, -0.1) is 11.8 Å². The van der Waals surface area contributed by atoms with E-state index in [1.54, 1.807) is 0 Å². The Morgan fingerprint density at radius 3 is 2.80 bits per heavy atom. The second-order valence-corrected chi connectivity index (χ2v) is 7.54. The summed E-state index contributed by atoms with van der Waals surface area (Å²) in [6.07, 6.45) is 2.46. The van der Waals surface area contributed by atoms with Crippen molar-refractivity contribution in [1.82, 2.24) is 0 Å². The van der Waals surface area contributed by atoms with E-state index in [4.69, 9.17) is 0 Å². The van der Waals surface area contributed by atoms with Gasteiger partial charge in [-0.05, 0) is 42.9 Å². The van der Waals surface area contributed by atoms with Crippen molar-refractivity contribution in [3.05, 3.63) is 65.2 Å². The maximum Gasteiger partial charge on any atom is 0.0141 e. The van der Waals surface area contributed by atoms with Gasteiger partial charge in [0.1, 0.15) is 0 Å². The van der Waals surface area contributed by atoms with Gasteiger partial charge in [0.25, 0.3) is 0 Å². The fourth-order valence-corrected chi connectivity index (χ4v) is 4.96. The molecular weight excluding hydrogens is 328 g/mol. The molecule has 2 atom stereocenters. The summed E-state index contributed by atoms with van der Waals surface area (Å²) in [5, 5.41) is 1.76. The summed E-state index contributed by atoms with van der Waals surface area (Å²) in [5.74, 6) is 0.613. The fourth-order valence-electron chi connectivity index (χ4n) is 2.91. The highest BCUT2D eigenvalue weighted by Gasteiger charge is 2.25. The first kappa shape index (κ1) is 14.2. The van der Waals surface area contributed by atoms with Crippen molar-refractivity contribution in [2.45, 2.75) is 35.8 Å². The van der Waals surface area contributed by atoms with E-state index in [2.05, 4.69) is 83.1 Å². The number of hydrogen-bond acceptors (Lipinski definition) is 1. The Morgan fingerprint density at radius 2 is 2.05 bits per heavy atom. The number of benzene rings is 2. The highest BCUT2D eigenvalue weighted by molar-refractivity contribution is 9.09. The van der Waals surface area contributed by atoms with Crippen molar-refractivity contribution in [3.8, 4) is 0 Å². The molecule has 3 rings (SSSR count). The lowest BCUT2D eigenvalue weighted by Gasteiger charge is -2.19. The summed E-state index contributed by atoms with van der Waals surface area (Å²) in [5.41, 5.74) is 4.36. The lowest BCUT2D eigenvalue weighted by atomic mass is 9.93. The van der Waals surface area contributed by atoms with E-state index in [1.807, 2.05) is 0 Å². The number of fused-ring (bicyclic) bond motifs is 1. The average Bonchev–Trinajstić information content (AvgIpc) is 2.87. The first-order valence-corrected chi connectivity index (χ1v) is 9.13. The van der Waals surface area contributed by atoms with Crippen LogP contribution in [0.15, 0.2) is 53.4 Å². The number of rotatable bonds is 4. The summed E-state index contributed by atoms with van der Waals surface area (Å²) in [4.78, 5) is 1.48. The van der Waals surface area contributed by atoms with Gasteiger partial charge in [-0.1, -0.05) is 64.0 Å². The predicted octanol–water partition coefficient (Wildman–Crippen LogP) is 5.58. The number of hydrogen-bond donors (Lipinski definition) is 0. The molecule has 2 heteroatoms. The molecule has 0 bridgehead atoms. The highest BCUT2D eigenvalue weighted by atomic mass is 79.9. The normalized spacial score (nSPS) is 18.8. The Hall–Kier alpha value is -0.730. The Bertz CT molecular complexity index is 568. The number of alkyl halides is 1. The molecule has 0 amide bonds. The molecule has 2 aromatic carbocycles. The van der Waals surface area contributed by atoms with Crippen LogP contribution in [-0.2, 0) is 6.42 Å². The lowest BCUT2D eigenvalue weighted by Crippen LogP contribution is -2.10. The standard InChI is InChI=1S/C18H19BrS/c1-13-5-4-7-14(9-13)16(12-19)11-17-10-15-6-2-3-8-18(15)20-17/h2-9,16-17H,10-12H2,1H3. The van der Waals surface area contributed by atoms with Crippen LogP contribution in [0.5, 0.6) is 0 Å². The van der Waals surface area contributed by atoms with Crippen molar-refractivity contribution < 1.29 is 0 Å². The summed E-state index contributed by atoms with van der Waals surface area (Å²) < 4.78 is 0. The summed E-state index contributed by atoms with van der Waals surface area (Å²) in [6, 6.07) is 17.8. The summed E-state index contributed by atoms with van der Waals surface area (Å²) in [6.45, 7) is 2.18. The minimum absolute atomic E-state index is 0.613. The monoisotopic (exact) mass is 346 g/mol. The van der Waals surface area contributed by atoms with E-state index >= 15 is 0 Å². The van der Waals surface area contributed by atoms with E-state index in [-0.39, 0.29) is 0 Å². The fraction of sp³-hybridized carbons (Fsp3) is 0.333. The number of halogens is 1. The Morgan fingerprint density at radius 1 is 1.20 bits per heavy atom. The van der Waals surface area contributed by atoms with Crippen molar-refractivity contribution >= 4 is 27.7 Å². The van der Waals surface area contributed by atoms with Gasteiger partial charge in [-0.3, -0.25) is 0 Å². The van der Waals surface area contributed by atoms with Crippen LogP contribution in [0.4, 0.5) is 0 Å². The van der Waals surface area contributed by atoms with Crippen molar-refractivity contribution in [2.75, 3.05) is 5.33 Å².